The van der Waals surface area contributed by atoms with Gasteiger partial charge in [0.1, 0.15) is 5.69 Å². The fraction of sp³-hybridized carbons (Fsp3) is 0.444. The molecule has 0 spiro atoms. The second-order valence-electron chi connectivity index (χ2n) is 3.56. The highest BCUT2D eigenvalue weighted by molar-refractivity contribution is 5.43. The van der Waals surface area contributed by atoms with Gasteiger partial charge < -0.3 is 5.73 Å². The van der Waals surface area contributed by atoms with Crippen LogP contribution in [0.3, 0.4) is 0 Å². The van der Waals surface area contributed by atoms with Crippen LogP contribution in [0.5, 0.6) is 0 Å². The molecule has 2 aromatic heterocycles. The van der Waals surface area contributed by atoms with E-state index < -0.39 is 0 Å². The van der Waals surface area contributed by atoms with Crippen molar-refractivity contribution in [2.75, 3.05) is 0 Å². The molecule has 0 aromatic carbocycles. The summed E-state index contributed by atoms with van der Waals surface area (Å²) in [6.45, 7) is 4.62. The first kappa shape index (κ1) is 9.08. The van der Waals surface area contributed by atoms with E-state index in [0.717, 1.165) is 16.9 Å². The van der Waals surface area contributed by atoms with Crippen molar-refractivity contribution in [2.24, 2.45) is 5.73 Å². The molecule has 14 heavy (non-hydrogen) atoms. The van der Waals surface area contributed by atoms with Gasteiger partial charge in [0.25, 0.3) is 0 Å². The third kappa shape index (κ3) is 1.35. The Morgan fingerprint density at radius 3 is 2.93 bits per heavy atom. The van der Waals surface area contributed by atoms with Crippen LogP contribution in [0.25, 0.3) is 5.65 Å². The van der Waals surface area contributed by atoms with E-state index in [-0.39, 0.29) is 0 Å². The number of nitrogens with two attached hydrogens (primary N) is 1. The lowest BCUT2D eigenvalue weighted by atomic mass is 10.1. The minimum absolute atomic E-state index is 0.337. The predicted molar refractivity (Wildman–Crippen MR) is 52.8 cm³/mol. The molecule has 74 valence electrons. The van der Waals surface area contributed by atoms with E-state index in [9.17, 15) is 0 Å². The number of hydrogen-bond donors (Lipinski definition) is 1. The lowest BCUT2D eigenvalue weighted by Crippen LogP contribution is -2.01. The molecule has 5 nitrogen and oxygen atoms in total. The van der Waals surface area contributed by atoms with Crippen LogP contribution in [0.4, 0.5) is 0 Å². The fourth-order valence-electron chi connectivity index (χ4n) is 1.33. The molecule has 0 radical (unpaired) electrons. The van der Waals surface area contributed by atoms with Crippen molar-refractivity contribution in [2.45, 2.75) is 26.3 Å². The summed E-state index contributed by atoms with van der Waals surface area (Å²) in [5.74, 6) is 0.337. The molecule has 2 N–H and O–H groups in total. The van der Waals surface area contributed by atoms with Gasteiger partial charge in [-0.1, -0.05) is 19.1 Å². The average Bonchev–Trinajstić information content (AvgIpc) is 2.59. The van der Waals surface area contributed by atoms with Crippen LogP contribution < -0.4 is 5.73 Å². The largest absolute Gasteiger partial charge is 0.326 e. The lowest BCUT2D eigenvalue weighted by Gasteiger charge is -1.99. The molecule has 0 saturated heterocycles. The van der Waals surface area contributed by atoms with Crippen LogP contribution >= 0.6 is 0 Å². The van der Waals surface area contributed by atoms with Crippen molar-refractivity contribution in [3.63, 3.8) is 0 Å². The number of rotatable bonds is 2. The summed E-state index contributed by atoms with van der Waals surface area (Å²) in [7, 11) is 0. The number of nitrogens with zero attached hydrogens (tertiary/aromatic N) is 4. The molecule has 2 heterocycles. The van der Waals surface area contributed by atoms with Gasteiger partial charge in [-0.3, -0.25) is 0 Å². The average molecular weight is 191 g/mol. The molecule has 0 aliphatic rings. The van der Waals surface area contributed by atoms with Gasteiger partial charge in [-0.15, -0.1) is 5.10 Å². The molecule has 2 aromatic rings. The van der Waals surface area contributed by atoms with E-state index in [4.69, 9.17) is 5.73 Å². The Morgan fingerprint density at radius 2 is 2.29 bits per heavy atom. The molecule has 0 atom stereocenters. The Labute approximate surface area is 81.9 Å². The van der Waals surface area contributed by atoms with E-state index in [1.807, 2.05) is 6.20 Å². The third-order valence-electron chi connectivity index (χ3n) is 2.12. The molecule has 0 aliphatic carbocycles. The Hall–Kier alpha value is -1.49. The molecule has 0 aliphatic heterocycles. The molecule has 0 unspecified atom stereocenters. The van der Waals surface area contributed by atoms with Crippen LogP contribution in [0.1, 0.15) is 31.0 Å². The SMILES string of the molecule is CC(C)c1nnn2cc(CN)cnc12. The number of aromatic nitrogens is 4. The Morgan fingerprint density at radius 1 is 1.50 bits per heavy atom. The topological polar surface area (TPSA) is 69.1 Å². The minimum atomic E-state index is 0.337. The van der Waals surface area contributed by atoms with E-state index >= 15 is 0 Å². The van der Waals surface area contributed by atoms with Gasteiger partial charge in [0.2, 0.25) is 0 Å². The van der Waals surface area contributed by atoms with Crippen molar-refractivity contribution in [3.05, 3.63) is 23.7 Å². The molecule has 2 rings (SSSR count). The fourth-order valence-corrected chi connectivity index (χ4v) is 1.33. The monoisotopic (exact) mass is 191 g/mol. The zero-order valence-corrected chi connectivity index (χ0v) is 8.31. The number of hydrogen-bond acceptors (Lipinski definition) is 4. The van der Waals surface area contributed by atoms with Crippen LogP contribution in [-0.4, -0.2) is 19.8 Å². The van der Waals surface area contributed by atoms with Crippen molar-refractivity contribution >= 4 is 5.65 Å². The quantitative estimate of drug-likeness (QED) is 0.758. The highest BCUT2D eigenvalue weighted by Gasteiger charge is 2.10. The highest BCUT2D eigenvalue weighted by Crippen LogP contribution is 2.15. The molecule has 5 heteroatoms. The second kappa shape index (κ2) is 3.34. The third-order valence-corrected chi connectivity index (χ3v) is 2.12. The molecule has 0 fully saturated rings. The van der Waals surface area contributed by atoms with Crippen LogP contribution in [0.15, 0.2) is 12.4 Å². The van der Waals surface area contributed by atoms with Crippen molar-refractivity contribution in [1.82, 2.24) is 19.8 Å². The summed E-state index contributed by atoms with van der Waals surface area (Å²) in [6.07, 6.45) is 3.63. The van der Waals surface area contributed by atoms with E-state index in [2.05, 4.69) is 29.1 Å². The molecule has 0 saturated carbocycles. The first-order chi connectivity index (χ1) is 6.72. The van der Waals surface area contributed by atoms with Crippen LogP contribution in [0.2, 0.25) is 0 Å². The van der Waals surface area contributed by atoms with Gasteiger partial charge in [-0.2, -0.15) is 0 Å². The summed E-state index contributed by atoms with van der Waals surface area (Å²) < 4.78 is 1.68. The van der Waals surface area contributed by atoms with Gasteiger partial charge in [-0.25, -0.2) is 9.50 Å². The summed E-state index contributed by atoms with van der Waals surface area (Å²) in [4.78, 5) is 4.29. The lowest BCUT2D eigenvalue weighted by molar-refractivity contribution is 0.788. The van der Waals surface area contributed by atoms with E-state index in [1.165, 1.54) is 0 Å². The van der Waals surface area contributed by atoms with E-state index in [1.54, 1.807) is 10.7 Å². The Balaban J connectivity index is 2.59. The van der Waals surface area contributed by atoms with Gasteiger partial charge >= 0.3 is 0 Å². The maximum Gasteiger partial charge on any atom is 0.178 e. The zero-order valence-electron chi connectivity index (χ0n) is 8.31. The van der Waals surface area contributed by atoms with Crippen LogP contribution in [0, 0.1) is 0 Å². The first-order valence-corrected chi connectivity index (χ1v) is 4.62. The second-order valence-corrected chi connectivity index (χ2v) is 3.56. The number of fused-ring (bicyclic) bond motifs is 1. The molecular weight excluding hydrogens is 178 g/mol. The Bertz CT molecular complexity index is 445. The van der Waals surface area contributed by atoms with Crippen LogP contribution in [-0.2, 0) is 6.54 Å². The summed E-state index contributed by atoms with van der Waals surface area (Å²) in [5, 5.41) is 8.08. The van der Waals surface area contributed by atoms with Crippen molar-refractivity contribution in [1.29, 1.82) is 0 Å². The molecule has 0 amide bonds. The maximum atomic E-state index is 5.51. The summed E-state index contributed by atoms with van der Waals surface area (Å²) in [6, 6.07) is 0. The van der Waals surface area contributed by atoms with E-state index in [0.29, 0.717) is 12.5 Å². The molecule has 0 bridgehead atoms. The van der Waals surface area contributed by atoms with Gasteiger partial charge in [-0.05, 0) is 0 Å². The first-order valence-electron chi connectivity index (χ1n) is 4.62. The standard InChI is InChI=1S/C9H13N5/c1-6(2)8-9-11-4-7(3-10)5-14(9)13-12-8/h4-6H,3,10H2,1-2H3. The smallest absolute Gasteiger partial charge is 0.178 e. The summed E-state index contributed by atoms with van der Waals surface area (Å²) in [5.41, 5.74) is 8.20. The van der Waals surface area contributed by atoms with Gasteiger partial charge in [0, 0.05) is 30.4 Å². The van der Waals surface area contributed by atoms with Crippen molar-refractivity contribution in [3.8, 4) is 0 Å². The van der Waals surface area contributed by atoms with Gasteiger partial charge in [0.05, 0.1) is 0 Å². The highest BCUT2D eigenvalue weighted by atomic mass is 15.4. The normalized spacial score (nSPS) is 11.4. The minimum Gasteiger partial charge on any atom is -0.326 e. The van der Waals surface area contributed by atoms with Gasteiger partial charge in [0.15, 0.2) is 5.65 Å². The Kier molecular flexibility index (Phi) is 2.17. The van der Waals surface area contributed by atoms with Crippen molar-refractivity contribution < 1.29 is 0 Å². The molecular formula is C9H13N5. The summed E-state index contributed by atoms with van der Waals surface area (Å²) >= 11 is 0. The predicted octanol–water partition coefficient (Wildman–Crippen LogP) is 0.706. The zero-order chi connectivity index (χ0) is 10.1. The maximum absolute atomic E-state index is 5.51.